The highest BCUT2D eigenvalue weighted by atomic mass is 79.9. The molecule has 0 amide bonds. The molecule has 0 radical (unpaired) electrons. The number of benzene rings is 1. The lowest BCUT2D eigenvalue weighted by atomic mass is 10.0. The van der Waals surface area contributed by atoms with Crippen LogP contribution in [0.4, 0.5) is 13.2 Å². The molecule has 0 saturated heterocycles. The topological polar surface area (TPSA) is 43.8 Å². The van der Waals surface area contributed by atoms with Crippen LogP contribution in [-0.2, 0) is 19.6 Å². The first-order chi connectivity index (χ1) is 9.70. The van der Waals surface area contributed by atoms with Gasteiger partial charge in [-0.2, -0.15) is 18.3 Å². The van der Waals surface area contributed by atoms with Crippen molar-refractivity contribution in [2.45, 2.75) is 25.6 Å². The average Bonchev–Trinajstić information content (AvgIpc) is 2.64. The average molecular weight is 362 g/mol. The van der Waals surface area contributed by atoms with Crippen LogP contribution in [0, 0.1) is 6.92 Å². The molecule has 2 rings (SSSR count). The Bertz CT molecular complexity index is 649. The van der Waals surface area contributed by atoms with Gasteiger partial charge in [-0.25, -0.2) is 0 Å². The Morgan fingerprint density at radius 2 is 2.05 bits per heavy atom. The number of nitrogens with zero attached hydrogens (tertiary/aromatic N) is 2. The van der Waals surface area contributed by atoms with E-state index >= 15 is 0 Å². The Kier molecular flexibility index (Phi) is 4.43. The van der Waals surface area contributed by atoms with Crippen molar-refractivity contribution < 1.29 is 13.2 Å². The van der Waals surface area contributed by atoms with Crippen molar-refractivity contribution in [2.24, 2.45) is 12.8 Å². The number of rotatable bonds is 3. The van der Waals surface area contributed by atoms with Crippen molar-refractivity contribution in [3.8, 4) is 0 Å². The number of nitrogens with two attached hydrogens (primary N) is 1. The van der Waals surface area contributed by atoms with E-state index in [9.17, 15) is 13.2 Å². The van der Waals surface area contributed by atoms with E-state index < -0.39 is 17.8 Å². The summed E-state index contributed by atoms with van der Waals surface area (Å²) in [5, 5.41) is 4.25. The van der Waals surface area contributed by atoms with Gasteiger partial charge in [0.25, 0.3) is 0 Å². The summed E-state index contributed by atoms with van der Waals surface area (Å²) in [5.74, 6) is 0. The summed E-state index contributed by atoms with van der Waals surface area (Å²) in [7, 11) is 1.78. The molecular weight excluding hydrogens is 347 g/mol. The van der Waals surface area contributed by atoms with Crippen LogP contribution in [0.5, 0.6) is 0 Å². The van der Waals surface area contributed by atoms with Crippen LogP contribution in [0.1, 0.15) is 28.6 Å². The zero-order chi connectivity index (χ0) is 15.8. The molecule has 1 unspecified atom stereocenters. The van der Waals surface area contributed by atoms with Gasteiger partial charge in [0.05, 0.1) is 21.4 Å². The molecule has 114 valence electrons. The zero-order valence-corrected chi connectivity index (χ0v) is 13.2. The number of halogens is 4. The maximum Gasteiger partial charge on any atom is 0.416 e. The molecule has 0 aliphatic carbocycles. The van der Waals surface area contributed by atoms with E-state index in [4.69, 9.17) is 5.73 Å². The van der Waals surface area contributed by atoms with Crippen LogP contribution in [0.15, 0.2) is 28.7 Å². The fraction of sp³-hybridized carbons (Fsp3) is 0.357. The molecular formula is C14H15BrF3N3. The van der Waals surface area contributed by atoms with E-state index in [0.29, 0.717) is 12.0 Å². The first-order valence-corrected chi connectivity index (χ1v) is 7.10. The Morgan fingerprint density at radius 1 is 1.38 bits per heavy atom. The predicted octanol–water partition coefficient (Wildman–Crippen LogP) is 3.75. The van der Waals surface area contributed by atoms with Gasteiger partial charge in [-0.3, -0.25) is 4.68 Å². The maximum atomic E-state index is 12.7. The molecule has 1 aromatic heterocycles. The lowest BCUT2D eigenvalue weighted by Crippen LogP contribution is -2.17. The van der Waals surface area contributed by atoms with Gasteiger partial charge in [-0.1, -0.05) is 12.1 Å². The number of aromatic nitrogens is 2. The molecule has 1 heterocycles. The van der Waals surface area contributed by atoms with Crippen molar-refractivity contribution in [3.63, 3.8) is 0 Å². The summed E-state index contributed by atoms with van der Waals surface area (Å²) in [6.45, 7) is 1.85. The first-order valence-electron chi connectivity index (χ1n) is 6.31. The minimum atomic E-state index is -4.36. The summed E-state index contributed by atoms with van der Waals surface area (Å²) in [6, 6.07) is 4.60. The van der Waals surface area contributed by atoms with Crippen molar-refractivity contribution in [1.82, 2.24) is 9.78 Å². The van der Waals surface area contributed by atoms with Crippen molar-refractivity contribution in [3.05, 3.63) is 51.3 Å². The Balaban J connectivity index is 2.27. The molecule has 21 heavy (non-hydrogen) atoms. The Labute approximate surface area is 129 Å². The van der Waals surface area contributed by atoms with Crippen molar-refractivity contribution in [2.75, 3.05) is 0 Å². The first kappa shape index (κ1) is 16.0. The fourth-order valence-corrected chi connectivity index (χ4v) is 2.67. The zero-order valence-electron chi connectivity index (χ0n) is 11.6. The minimum absolute atomic E-state index is 0.402. The van der Waals surface area contributed by atoms with E-state index in [1.54, 1.807) is 17.8 Å². The predicted molar refractivity (Wildman–Crippen MR) is 77.7 cm³/mol. The molecule has 0 bridgehead atoms. The van der Waals surface area contributed by atoms with E-state index in [1.807, 2.05) is 6.92 Å². The van der Waals surface area contributed by atoms with Crippen LogP contribution in [0.3, 0.4) is 0 Å². The van der Waals surface area contributed by atoms with Gasteiger partial charge in [0, 0.05) is 19.5 Å². The second-order valence-electron chi connectivity index (χ2n) is 4.90. The quantitative estimate of drug-likeness (QED) is 0.904. The lowest BCUT2D eigenvalue weighted by Gasteiger charge is -2.15. The van der Waals surface area contributed by atoms with E-state index in [-0.39, 0.29) is 0 Å². The summed E-state index contributed by atoms with van der Waals surface area (Å²) in [5.41, 5.74) is 7.51. The van der Waals surface area contributed by atoms with Crippen molar-refractivity contribution >= 4 is 15.9 Å². The van der Waals surface area contributed by atoms with Crippen LogP contribution >= 0.6 is 15.9 Å². The second kappa shape index (κ2) is 5.81. The van der Waals surface area contributed by atoms with Gasteiger partial charge in [0.15, 0.2) is 0 Å². The Hall–Kier alpha value is -1.34. The normalized spacial score (nSPS) is 13.5. The van der Waals surface area contributed by atoms with Crippen LogP contribution < -0.4 is 5.73 Å². The third-order valence-corrected chi connectivity index (χ3v) is 4.35. The van der Waals surface area contributed by atoms with E-state index in [0.717, 1.165) is 28.0 Å². The van der Waals surface area contributed by atoms with Crippen molar-refractivity contribution in [1.29, 1.82) is 0 Å². The molecule has 0 spiro atoms. The second-order valence-corrected chi connectivity index (χ2v) is 5.70. The van der Waals surface area contributed by atoms with Gasteiger partial charge >= 0.3 is 6.18 Å². The summed E-state index contributed by atoms with van der Waals surface area (Å²) < 4.78 is 40.7. The molecule has 1 atom stereocenters. The van der Waals surface area contributed by atoms with Gasteiger partial charge in [-0.15, -0.1) is 0 Å². The fourth-order valence-electron chi connectivity index (χ4n) is 2.17. The third-order valence-electron chi connectivity index (χ3n) is 3.32. The molecule has 0 aliphatic rings. The summed E-state index contributed by atoms with van der Waals surface area (Å²) in [4.78, 5) is 0. The molecule has 0 fully saturated rings. The highest BCUT2D eigenvalue weighted by Gasteiger charge is 2.30. The smallest absolute Gasteiger partial charge is 0.324 e. The number of hydrogen-bond acceptors (Lipinski definition) is 2. The molecule has 0 aliphatic heterocycles. The highest BCUT2D eigenvalue weighted by Crippen LogP contribution is 2.31. The largest absolute Gasteiger partial charge is 0.416 e. The number of hydrogen-bond donors (Lipinski definition) is 1. The molecule has 2 N–H and O–H groups in total. The molecule has 3 nitrogen and oxygen atoms in total. The van der Waals surface area contributed by atoms with Gasteiger partial charge in [0.2, 0.25) is 0 Å². The Morgan fingerprint density at radius 3 is 2.57 bits per heavy atom. The standard InChI is InChI=1S/C14H15BrF3N3/c1-8-13(15)12(21(2)20-8)7-11(19)9-4-3-5-10(6-9)14(16,17)18/h3-6,11H,7,19H2,1-2H3. The SMILES string of the molecule is Cc1nn(C)c(CC(N)c2cccc(C(F)(F)F)c2)c1Br. The molecule has 7 heteroatoms. The monoisotopic (exact) mass is 361 g/mol. The van der Waals surface area contributed by atoms with Gasteiger partial charge in [0.1, 0.15) is 0 Å². The molecule has 1 aromatic carbocycles. The van der Waals surface area contributed by atoms with Gasteiger partial charge < -0.3 is 5.73 Å². The summed E-state index contributed by atoms with van der Waals surface area (Å²) in [6.07, 6.45) is -3.96. The maximum absolute atomic E-state index is 12.7. The van der Waals surface area contributed by atoms with E-state index in [2.05, 4.69) is 21.0 Å². The molecule has 0 saturated carbocycles. The van der Waals surface area contributed by atoms with Crippen LogP contribution in [0.25, 0.3) is 0 Å². The third kappa shape index (κ3) is 3.47. The number of aryl methyl sites for hydroxylation is 2. The lowest BCUT2D eigenvalue weighted by molar-refractivity contribution is -0.137. The van der Waals surface area contributed by atoms with Crippen LogP contribution in [0.2, 0.25) is 0 Å². The number of alkyl halides is 3. The van der Waals surface area contributed by atoms with Crippen LogP contribution in [-0.4, -0.2) is 9.78 Å². The van der Waals surface area contributed by atoms with E-state index in [1.165, 1.54) is 6.07 Å². The van der Waals surface area contributed by atoms with Gasteiger partial charge in [-0.05, 0) is 40.5 Å². The minimum Gasteiger partial charge on any atom is -0.324 e. The summed E-state index contributed by atoms with van der Waals surface area (Å²) >= 11 is 3.43. The molecule has 2 aromatic rings. The highest BCUT2D eigenvalue weighted by molar-refractivity contribution is 9.10.